The monoisotopic (exact) mass is 263 g/mol. The second-order valence-corrected chi connectivity index (χ2v) is 5.45. The van der Waals surface area contributed by atoms with E-state index in [1.807, 2.05) is 13.8 Å². The molecule has 4 nitrogen and oxygen atoms in total. The quantitative estimate of drug-likeness (QED) is 0.785. The minimum Gasteiger partial charge on any atom is -0.361 e. The number of benzene rings is 1. The van der Waals surface area contributed by atoms with Crippen LogP contribution in [0.15, 0.2) is 24.4 Å². The summed E-state index contributed by atoms with van der Waals surface area (Å²) in [5.41, 5.74) is 6.96. The van der Waals surface area contributed by atoms with Gasteiger partial charge in [-0.05, 0) is 37.6 Å². The van der Waals surface area contributed by atoms with Crippen LogP contribution in [0.25, 0.3) is 10.9 Å². The normalized spacial score (nSPS) is 11.8. The first-order valence-corrected chi connectivity index (χ1v) is 6.16. The molecule has 1 aromatic heterocycles. The molecule has 19 heavy (non-hydrogen) atoms. The average molecular weight is 263 g/mol. The number of rotatable bonds is 4. The van der Waals surface area contributed by atoms with Gasteiger partial charge in [-0.25, -0.2) is 4.39 Å². The average Bonchev–Trinajstić information content (AvgIpc) is 2.68. The Morgan fingerprint density at radius 3 is 2.89 bits per heavy atom. The number of aromatic amines is 1. The van der Waals surface area contributed by atoms with Crippen molar-refractivity contribution in [2.75, 3.05) is 6.54 Å². The zero-order valence-corrected chi connectivity index (χ0v) is 11.1. The summed E-state index contributed by atoms with van der Waals surface area (Å²) in [6.07, 6.45) is 1.94. The second kappa shape index (κ2) is 5.01. The molecule has 0 bridgehead atoms. The number of fused-ring (bicyclic) bond motifs is 1. The number of carbonyl (C=O) groups excluding carboxylic acids is 1. The van der Waals surface area contributed by atoms with E-state index < -0.39 is 5.54 Å². The molecule has 0 aliphatic rings. The molecule has 0 radical (unpaired) electrons. The Kier molecular flexibility index (Phi) is 3.57. The van der Waals surface area contributed by atoms with Gasteiger partial charge in [-0.2, -0.15) is 0 Å². The lowest BCUT2D eigenvalue weighted by Gasteiger charge is -2.18. The Morgan fingerprint density at radius 2 is 2.21 bits per heavy atom. The summed E-state index contributed by atoms with van der Waals surface area (Å²) >= 11 is 0. The van der Waals surface area contributed by atoms with Gasteiger partial charge in [0.15, 0.2) is 0 Å². The van der Waals surface area contributed by atoms with E-state index in [9.17, 15) is 9.18 Å². The van der Waals surface area contributed by atoms with Crippen molar-refractivity contribution in [3.05, 3.63) is 35.8 Å². The Hall–Kier alpha value is -1.88. The number of nitrogens with two attached hydrogens (primary N) is 1. The first kappa shape index (κ1) is 13.5. The van der Waals surface area contributed by atoms with Crippen molar-refractivity contribution < 1.29 is 9.18 Å². The summed E-state index contributed by atoms with van der Waals surface area (Å²) in [6, 6.07) is 4.48. The number of carbonyl (C=O) groups is 1. The maximum Gasteiger partial charge on any atom is 0.224 e. The molecule has 102 valence electrons. The number of H-pyrrole nitrogens is 1. The Labute approximate surface area is 111 Å². The standard InChI is InChI=1S/C14H18FN3O/c1-14(2,16)8-18-13(19)5-9-7-17-12-4-3-10(15)6-11(9)12/h3-4,6-7,17H,5,8,16H2,1-2H3,(H,18,19). The van der Waals surface area contributed by atoms with Crippen LogP contribution in [0.3, 0.4) is 0 Å². The van der Waals surface area contributed by atoms with Gasteiger partial charge in [0.05, 0.1) is 6.42 Å². The highest BCUT2D eigenvalue weighted by atomic mass is 19.1. The zero-order valence-electron chi connectivity index (χ0n) is 11.1. The molecule has 4 N–H and O–H groups in total. The number of amides is 1. The fourth-order valence-corrected chi connectivity index (χ4v) is 1.86. The molecule has 1 heterocycles. The lowest BCUT2D eigenvalue weighted by Crippen LogP contribution is -2.45. The van der Waals surface area contributed by atoms with E-state index in [-0.39, 0.29) is 18.1 Å². The third kappa shape index (κ3) is 3.54. The van der Waals surface area contributed by atoms with E-state index in [2.05, 4.69) is 10.3 Å². The summed E-state index contributed by atoms with van der Waals surface area (Å²) in [4.78, 5) is 14.8. The van der Waals surface area contributed by atoms with Gasteiger partial charge in [-0.3, -0.25) is 4.79 Å². The Morgan fingerprint density at radius 1 is 1.47 bits per heavy atom. The molecule has 2 rings (SSSR count). The van der Waals surface area contributed by atoms with E-state index >= 15 is 0 Å². The first-order chi connectivity index (χ1) is 8.85. The number of nitrogens with one attached hydrogen (secondary N) is 2. The molecule has 0 atom stereocenters. The molecular weight excluding hydrogens is 245 g/mol. The van der Waals surface area contributed by atoms with Crippen molar-refractivity contribution in [2.24, 2.45) is 5.73 Å². The Balaban J connectivity index is 2.09. The van der Waals surface area contributed by atoms with Gasteiger partial charge in [-0.15, -0.1) is 0 Å². The van der Waals surface area contributed by atoms with E-state index in [1.165, 1.54) is 12.1 Å². The third-order valence-electron chi connectivity index (χ3n) is 2.82. The van der Waals surface area contributed by atoms with Gasteiger partial charge in [0.2, 0.25) is 5.91 Å². The highest BCUT2D eigenvalue weighted by molar-refractivity contribution is 5.88. The van der Waals surface area contributed by atoms with Crippen LogP contribution in [0.5, 0.6) is 0 Å². The van der Waals surface area contributed by atoms with E-state index in [1.54, 1.807) is 12.3 Å². The minimum absolute atomic E-state index is 0.122. The van der Waals surface area contributed by atoms with Gasteiger partial charge in [0.1, 0.15) is 5.82 Å². The van der Waals surface area contributed by atoms with Gasteiger partial charge >= 0.3 is 0 Å². The van der Waals surface area contributed by atoms with Crippen molar-refractivity contribution in [2.45, 2.75) is 25.8 Å². The van der Waals surface area contributed by atoms with Crippen molar-refractivity contribution >= 4 is 16.8 Å². The van der Waals surface area contributed by atoms with Gasteiger partial charge in [0.25, 0.3) is 0 Å². The van der Waals surface area contributed by atoms with E-state index in [0.717, 1.165) is 16.5 Å². The molecule has 1 amide bonds. The topological polar surface area (TPSA) is 70.9 Å². The molecule has 5 heteroatoms. The smallest absolute Gasteiger partial charge is 0.224 e. The molecule has 0 saturated heterocycles. The maximum absolute atomic E-state index is 13.2. The molecular formula is C14H18FN3O. The summed E-state index contributed by atoms with van der Waals surface area (Å²) in [5.74, 6) is -0.430. The summed E-state index contributed by atoms with van der Waals surface area (Å²) in [7, 11) is 0. The van der Waals surface area contributed by atoms with E-state index in [4.69, 9.17) is 5.73 Å². The van der Waals surface area contributed by atoms with Crippen LogP contribution in [0.1, 0.15) is 19.4 Å². The summed E-state index contributed by atoms with van der Waals surface area (Å²) in [5, 5.41) is 3.51. The fraction of sp³-hybridized carbons (Fsp3) is 0.357. The molecule has 0 unspecified atom stereocenters. The highest BCUT2D eigenvalue weighted by Gasteiger charge is 2.14. The molecule has 0 aliphatic carbocycles. The van der Waals surface area contributed by atoms with Crippen molar-refractivity contribution in [1.29, 1.82) is 0 Å². The molecule has 2 aromatic rings. The third-order valence-corrected chi connectivity index (χ3v) is 2.82. The largest absolute Gasteiger partial charge is 0.361 e. The SMILES string of the molecule is CC(C)(N)CNC(=O)Cc1c[nH]c2ccc(F)cc12. The fourth-order valence-electron chi connectivity index (χ4n) is 1.86. The van der Waals surface area contributed by atoms with Crippen molar-refractivity contribution in [3.63, 3.8) is 0 Å². The van der Waals surface area contributed by atoms with Crippen LogP contribution in [-0.2, 0) is 11.2 Å². The maximum atomic E-state index is 13.2. The summed E-state index contributed by atoms with van der Waals surface area (Å²) in [6.45, 7) is 4.09. The number of aromatic nitrogens is 1. The van der Waals surface area contributed by atoms with Gasteiger partial charge in [0, 0.05) is 29.2 Å². The lowest BCUT2D eigenvalue weighted by molar-refractivity contribution is -0.120. The molecule has 1 aromatic carbocycles. The van der Waals surface area contributed by atoms with Crippen LogP contribution >= 0.6 is 0 Å². The molecule has 0 fully saturated rings. The van der Waals surface area contributed by atoms with Crippen LogP contribution < -0.4 is 11.1 Å². The second-order valence-electron chi connectivity index (χ2n) is 5.45. The first-order valence-electron chi connectivity index (χ1n) is 6.16. The lowest BCUT2D eigenvalue weighted by atomic mass is 10.1. The van der Waals surface area contributed by atoms with Crippen LogP contribution in [-0.4, -0.2) is 23.0 Å². The van der Waals surface area contributed by atoms with Gasteiger partial charge in [-0.1, -0.05) is 0 Å². The zero-order chi connectivity index (χ0) is 14.0. The van der Waals surface area contributed by atoms with Crippen molar-refractivity contribution in [1.82, 2.24) is 10.3 Å². The van der Waals surface area contributed by atoms with Crippen LogP contribution in [0.2, 0.25) is 0 Å². The predicted octanol–water partition coefficient (Wildman–Crippen LogP) is 1.70. The molecule has 0 spiro atoms. The minimum atomic E-state index is -0.442. The molecule has 0 saturated carbocycles. The van der Waals surface area contributed by atoms with Crippen molar-refractivity contribution in [3.8, 4) is 0 Å². The van der Waals surface area contributed by atoms with Gasteiger partial charge < -0.3 is 16.0 Å². The highest BCUT2D eigenvalue weighted by Crippen LogP contribution is 2.19. The van der Waals surface area contributed by atoms with E-state index in [0.29, 0.717) is 6.54 Å². The van der Waals surface area contributed by atoms with Crippen LogP contribution in [0.4, 0.5) is 4.39 Å². The predicted molar refractivity (Wildman–Crippen MR) is 73.2 cm³/mol. The van der Waals surface area contributed by atoms with Crippen LogP contribution in [0, 0.1) is 5.82 Å². The summed E-state index contributed by atoms with van der Waals surface area (Å²) < 4.78 is 13.2. The number of hydrogen-bond acceptors (Lipinski definition) is 2. The Bertz CT molecular complexity index is 598. The molecule has 0 aliphatic heterocycles. The number of hydrogen-bond donors (Lipinski definition) is 3. The number of halogens is 1.